The molecule has 0 amide bonds. The smallest absolute Gasteiger partial charge is 0.242 e. The second-order valence-corrected chi connectivity index (χ2v) is 8.61. The second kappa shape index (κ2) is 6.60. The molecule has 1 rings (SSSR count). The van der Waals surface area contributed by atoms with E-state index in [1.807, 2.05) is 0 Å². The topological polar surface area (TPSA) is 122 Å². The van der Waals surface area contributed by atoms with Gasteiger partial charge in [0, 0.05) is 27.2 Å². The number of sulfonamides is 2. The van der Waals surface area contributed by atoms with E-state index in [0.717, 1.165) is 10.6 Å². The molecule has 1 aromatic rings. The van der Waals surface area contributed by atoms with Gasteiger partial charge in [0.25, 0.3) is 0 Å². The van der Waals surface area contributed by atoms with Crippen molar-refractivity contribution in [3.8, 4) is 0 Å². The van der Waals surface area contributed by atoms with Crippen LogP contribution in [0.1, 0.15) is 0 Å². The van der Waals surface area contributed by atoms with Gasteiger partial charge >= 0.3 is 0 Å². The van der Waals surface area contributed by atoms with Gasteiger partial charge in [-0.2, -0.15) is 0 Å². The van der Waals surface area contributed by atoms with Gasteiger partial charge in [0.15, 0.2) is 0 Å². The number of anilines is 2. The zero-order chi connectivity index (χ0) is 16.3. The van der Waals surface area contributed by atoms with Crippen LogP contribution in [0.15, 0.2) is 23.1 Å². The van der Waals surface area contributed by atoms with Crippen molar-refractivity contribution in [2.75, 3.05) is 44.5 Å². The number of benzene rings is 1. The predicted molar refractivity (Wildman–Crippen MR) is 83.1 cm³/mol. The van der Waals surface area contributed by atoms with Gasteiger partial charge in [0.05, 0.1) is 22.5 Å². The molecule has 0 saturated carbocycles. The number of nitrogens with zero attached hydrogens (tertiary/aromatic N) is 1. The molecule has 1 aromatic carbocycles. The van der Waals surface area contributed by atoms with Crippen LogP contribution in [0.5, 0.6) is 0 Å². The van der Waals surface area contributed by atoms with Crippen molar-refractivity contribution in [1.29, 1.82) is 0 Å². The molecule has 120 valence electrons. The van der Waals surface area contributed by atoms with Crippen molar-refractivity contribution in [3.05, 3.63) is 18.2 Å². The molecule has 0 radical (unpaired) electrons. The first kappa shape index (κ1) is 17.7. The summed E-state index contributed by atoms with van der Waals surface area (Å²) in [6.07, 6.45) is 1.06. The normalized spacial score (nSPS) is 12.6. The lowest BCUT2D eigenvalue weighted by atomic mass is 10.2. The fourth-order valence-corrected chi connectivity index (χ4v) is 2.89. The largest absolute Gasteiger partial charge is 0.397 e. The van der Waals surface area contributed by atoms with Crippen LogP contribution in [-0.4, -0.2) is 54.6 Å². The van der Waals surface area contributed by atoms with Crippen LogP contribution in [0.4, 0.5) is 11.4 Å². The minimum absolute atomic E-state index is 0.111. The van der Waals surface area contributed by atoms with Crippen molar-refractivity contribution < 1.29 is 16.8 Å². The molecule has 0 aromatic heterocycles. The second-order valence-electron chi connectivity index (χ2n) is 4.63. The molecule has 8 nitrogen and oxygen atoms in total. The summed E-state index contributed by atoms with van der Waals surface area (Å²) in [6, 6.07) is 4.33. The highest BCUT2D eigenvalue weighted by atomic mass is 32.2. The van der Waals surface area contributed by atoms with Crippen LogP contribution in [0.25, 0.3) is 0 Å². The molecular weight excluding hydrogens is 316 g/mol. The number of hydrogen-bond acceptors (Lipinski definition) is 6. The fourth-order valence-electron chi connectivity index (χ4n) is 1.49. The first-order valence-corrected chi connectivity index (χ1v) is 9.38. The van der Waals surface area contributed by atoms with Crippen LogP contribution in [0, 0.1) is 0 Å². The van der Waals surface area contributed by atoms with Gasteiger partial charge in [0.2, 0.25) is 20.0 Å². The number of rotatable bonds is 7. The molecule has 0 saturated heterocycles. The maximum absolute atomic E-state index is 12.0. The lowest BCUT2D eigenvalue weighted by molar-refractivity contribution is 0.521. The Kier molecular flexibility index (Phi) is 5.56. The Labute approximate surface area is 125 Å². The predicted octanol–water partition coefficient (Wildman–Crippen LogP) is -0.520. The van der Waals surface area contributed by atoms with Gasteiger partial charge in [-0.15, -0.1) is 0 Å². The molecule has 10 heteroatoms. The molecule has 0 bridgehead atoms. The molecule has 0 heterocycles. The summed E-state index contributed by atoms with van der Waals surface area (Å²) < 4.78 is 49.3. The van der Waals surface area contributed by atoms with Gasteiger partial charge in [-0.05, 0) is 18.2 Å². The molecule has 0 aliphatic rings. The molecule has 4 N–H and O–H groups in total. The van der Waals surface area contributed by atoms with Crippen molar-refractivity contribution in [3.63, 3.8) is 0 Å². The number of nitrogens with two attached hydrogens (primary N) is 1. The maximum atomic E-state index is 12.0. The molecule has 0 fully saturated rings. The number of nitrogens with one attached hydrogen (secondary N) is 2. The Morgan fingerprint density at radius 3 is 2.29 bits per heavy atom. The van der Waals surface area contributed by atoms with E-state index in [9.17, 15) is 16.8 Å². The average Bonchev–Trinajstić information content (AvgIpc) is 2.34. The summed E-state index contributed by atoms with van der Waals surface area (Å²) in [5.74, 6) is 0. The quantitative estimate of drug-likeness (QED) is 0.455. The van der Waals surface area contributed by atoms with Crippen molar-refractivity contribution >= 4 is 31.4 Å². The third kappa shape index (κ3) is 5.16. The van der Waals surface area contributed by atoms with Gasteiger partial charge in [0.1, 0.15) is 0 Å². The molecular formula is C11H20N4O4S2. The van der Waals surface area contributed by atoms with E-state index in [1.165, 1.54) is 32.3 Å². The Bertz CT molecular complexity index is 699. The van der Waals surface area contributed by atoms with E-state index in [-0.39, 0.29) is 18.0 Å². The summed E-state index contributed by atoms with van der Waals surface area (Å²) in [4.78, 5) is 0.111. The highest BCUT2D eigenvalue weighted by molar-refractivity contribution is 7.89. The lowest BCUT2D eigenvalue weighted by Gasteiger charge is -2.14. The molecule has 0 spiro atoms. The summed E-state index contributed by atoms with van der Waals surface area (Å²) in [5.41, 5.74) is 6.59. The van der Waals surface area contributed by atoms with E-state index < -0.39 is 20.0 Å². The Morgan fingerprint density at radius 2 is 1.76 bits per heavy atom. The minimum Gasteiger partial charge on any atom is -0.397 e. The van der Waals surface area contributed by atoms with Crippen molar-refractivity contribution in [2.45, 2.75) is 4.90 Å². The number of hydrogen-bond donors (Lipinski definition) is 3. The molecule has 0 aliphatic heterocycles. The summed E-state index contributed by atoms with van der Waals surface area (Å²) in [6.45, 7) is 0.450. The van der Waals surface area contributed by atoms with Gasteiger partial charge < -0.3 is 11.1 Å². The minimum atomic E-state index is -3.54. The number of nitrogen functional groups attached to an aromatic ring is 1. The maximum Gasteiger partial charge on any atom is 0.242 e. The summed E-state index contributed by atoms with van der Waals surface area (Å²) in [5, 5.41) is 2.90. The zero-order valence-corrected chi connectivity index (χ0v) is 13.8. The zero-order valence-electron chi connectivity index (χ0n) is 12.1. The molecule has 0 atom stereocenters. The SMILES string of the molecule is CN(C)S(=O)(=O)c1ccc(N)c(NCCNS(C)(=O)=O)c1. The van der Waals surface area contributed by atoms with Crippen LogP contribution in [-0.2, 0) is 20.0 Å². The average molecular weight is 336 g/mol. The first-order valence-electron chi connectivity index (χ1n) is 6.04. The van der Waals surface area contributed by atoms with E-state index in [4.69, 9.17) is 5.73 Å². The fraction of sp³-hybridized carbons (Fsp3) is 0.455. The third-order valence-corrected chi connectivity index (χ3v) is 5.15. The summed E-state index contributed by atoms with van der Waals surface area (Å²) >= 11 is 0. The van der Waals surface area contributed by atoms with Crippen LogP contribution in [0.3, 0.4) is 0 Å². The van der Waals surface area contributed by atoms with Gasteiger partial charge in [-0.25, -0.2) is 25.9 Å². The first-order chi connectivity index (χ1) is 9.54. The molecule has 21 heavy (non-hydrogen) atoms. The van der Waals surface area contributed by atoms with Gasteiger partial charge in [-0.3, -0.25) is 0 Å². The molecule has 0 unspecified atom stereocenters. The van der Waals surface area contributed by atoms with Crippen molar-refractivity contribution in [1.82, 2.24) is 9.03 Å². The van der Waals surface area contributed by atoms with Crippen molar-refractivity contribution in [2.24, 2.45) is 0 Å². The third-order valence-electron chi connectivity index (χ3n) is 2.61. The van der Waals surface area contributed by atoms with E-state index in [1.54, 1.807) is 0 Å². The van der Waals surface area contributed by atoms with E-state index >= 15 is 0 Å². The van der Waals surface area contributed by atoms with E-state index in [0.29, 0.717) is 11.4 Å². The highest BCUT2D eigenvalue weighted by Crippen LogP contribution is 2.23. The van der Waals surface area contributed by atoms with Crippen LogP contribution >= 0.6 is 0 Å². The van der Waals surface area contributed by atoms with Crippen LogP contribution in [0.2, 0.25) is 0 Å². The Morgan fingerprint density at radius 1 is 1.14 bits per heavy atom. The standard InChI is InChI=1S/C11H20N4O4S2/c1-15(2)21(18,19)9-4-5-10(12)11(8-9)13-6-7-14-20(3,16)17/h4-5,8,13-14H,6-7,12H2,1-3H3. The monoisotopic (exact) mass is 336 g/mol. The van der Waals surface area contributed by atoms with Crippen LogP contribution < -0.4 is 15.8 Å². The molecule has 0 aliphatic carbocycles. The Hall–Kier alpha value is -1.36. The van der Waals surface area contributed by atoms with Gasteiger partial charge in [-0.1, -0.05) is 0 Å². The lowest BCUT2D eigenvalue weighted by Crippen LogP contribution is -2.28. The Balaban J connectivity index is 2.84. The summed E-state index contributed by atoms with van der Waals surface area (Å²) in [7, 11) is -3.92. The highest BCUT2D eigenvalue weighted by Gasteiger charge is 2.18. The van der Waals surface area contributed by atoms with E-state index in [2.05, 4.69) is 10.0 Å².